The zero-order valence-corrected chi connectivity index (χ0v) is 19.5. The molecule has 1 amide bonds. The number of allylic oxidation sites excluding steroid dienone is 1. The molecule has 3 N–H and O–H groups in total. The van der Waals surface area contributed by atoms with E-state index in [0.717, 1.165) is 43.4 Å². The second-order valence-electron chi connectivity index (χ2n) is 9.40. The largest absolute Gasteiger partial charge is 0.399 e. The van der Waals surface area contributed by atoms with Gasteiger partial charge >= 0.3 is 0 Å². The number of halogens is 1. The number of anilines is 2. The molecule has 2 aromatic carbocycles. The number of rotatable bonds is 4. The Hall–Kier alpha value is -3.38. The Labute approximate surface area is 203 Å². The second-order valence-corrected chi connectivity index (χ2v) is 9.81. The molecule has 0 radical (unpaired) electrons. The Morgan fingerprint density at radius 3 is 2.56 bits per heavy atom. The summed E-state index contributed by atoms with van der Waals surface area (Å²) in [7, 11) is 0. The van der Waals surface area contributed by atoms with Gasteiger partial charge in [0.2, 0.25) is 5.95 Å². The third-order valence-corrected chi connectivity index (χ3v) is 7.57. The van der Waals surface area contributed by atoms with E-state index in [9.17, 15) is 4.79 Å². The molecular weight excluding hydrogens is 446 g/mol. The van der Waals surface area contributed by atoms with Crippen LogP contribution in [0.1, 0.15) is 52.9 Å². The lowest BCUT2D eigenvalue weighted by atomic mass is 9.96. The Balaban J connectivity index is 1.19. The van der Waals surface area contributed by atoms with Crippen LogP contribution in [0, 0.1) is 0 Å². The van der Waals surface area contributed by atoms with Crippen molar-refractivity contribution >= 4 is 34.7 Å². The maximum atomic E-state index is 13.2. The van der Waals surface area contributed by atoms with Gasteiger partial charge in [-0.15, -0.1) is 0 Å². The van der Waals surface area contributed by atoms with Gasteiger partial charge in [-0.2, -0.15) is 0 Å². The molecule has 0 saturated carbocycles. The molecule has 3 heterocycles. The number of nitrogen functional groups attached to an aromatic ring is 1. The molecule has 2 saturated heterocycles. The van der Waals surface area contributed by atoms with Gasteiger partial charge in [-0.3, -0.25) is 4.79 Å². The maximum absolute atomic E-state index is 13.2. The van der Waals surface area contributed by atoms with Crippen molar-refractivity contribution in [3.63, 3.8) is 0 Å². The van der Waals surface area contributed by atoms with Gasteiger partial charge in [-0.1, -0.05) is 41.9 Å². The summed E-state index contributed by atoms with van der Waals surface area (Å²) in [6.07, 6.45) is 8.57. The topological polar surface area (TPSA) is 84.1 Å². The molecule has 2 bridgehead atoms. The summed E-state index contributed by atoms with van der Waals surface area (Å²) < 4.78 is 0. The van der Waals surface area contributed by atoms with Crippen molar-refractivity contribution in [1.82, 2.24) is 14.9 Å². The van der Waals surface area contributed by atoms with Crippen LogP contribution in [-0.2, 0) is 6.42 Å². The zero-order chi connectivity index (χ0) is 23.2. The van der Waals surface area contributed by atoms with Crippen LogP contribution in [-0.4, -0.2) is 38.9 Å². The number of nitrogens with zero attached hydrogens (tertiary/aromatic N) is 3. The van der Waals surface area contributed by atoms with Crippen molar-refractivity contribution < 1.29 is 4.79 Å². The van der Waals surface area contributed by atoms with E-state index >= 15 is 0 Å². The first-order chi connectivity index (χ1) is 16.6. The van der Waals surface area contributed by atoms with Crippen LogP contribution in [0.5, 0.6) is 0 Å². The third kappa shape index (κ3) is 3.72. The Morgan fingerprint density at radius 2 is 1.79 bits per heavy atom. The van der Waals surface area contributed by atoms with Crippen LogP contribution in [0.3, 0.4) is 0 Å². The highest BCUT2D eigenvalue weighted by Crippen LogP contribution is 2.39. The maximum Gasteiger partial charge on any atom is 0.254 e. The zero-order valence-electron chi connectivity index (χ0n) is 18.7. The van der Waals surface area contributed by atoms with Gasteiger partial charge in [0.25, 0.3) is 5.91 Å². The molecule has 7 heteroatoms. The van der Waals surface area contributed by atoms with Gasteiger partial charge in [0, 0.05) is 34.9 Å². The number of aromatic nitrogens is 2. The Morgan fingerprint density at radius 1 is 1.06 bits per heavy atom. The first kappa shape index (κ1) is 21.2. The first-order valence-electron chi connectivity index (χ1n) is 11.8. The minimum atomic E-state index is 0.0998. The van der Waals surface area contributed by atoms with Crippen LogP contribution >= 0.6 is 11.6 Å². The average molecular weight is 472 g/mol. The molecule has 6 nitrogen and oxygen atoms in total. The SMILES string of the molecule is Nc1ccc(C(=O)N2[C@@H]3CC[C@H]2CC(Nc2ncc(Cl)c(C4=CCc5ccccc54)n2)C3)cc1. The molecule has 1 aromatic heterocycles. The number of hydrogen-bond acceptors (Lipinski definition) is 5. The van der Waals surface area contributed by atoms with Crippen LogP contribution in [0.2, 0.25) is 5.02 Å². The second kappa shape index (κ2) is 8.44. The molecule has 3 aliphatic rings. The van der Waals surface area contributed by atoms with E-state index in [2.05, 4.69) is 39.5 Å². The molecule has 3 aromatic rings. The lowest BCUT2D eigenvalue weighted by molar-refractivity contribution is 0.0583. The monoisotopic (exact) mass is 471 g/mol. The van der Waals surface area contributed by atoms with Gasteiger partial charge in [0.15, 0.2) is 0 Å². The third-order valence-electron chi connectivity index (χ3n) is 7.29. The molecule has 1 aliphatic carbocycles. The number of fused-ring (bicyclic) bond motifs is 3. The van der Waals surface area contributed by atoms with E-state index in [0.29, 0.717) is 22.2 Å². The van der Waals surface area contributed by atoms with Crippen molar-refractivity contribution in [3.8, 4) is 0 Å². The summed E-state index contributed by atoms with van der Waals surface area (Å²) >= 11 is 6.52. The van der Waals surface area contributed by atoms with Gasteiger partial charge in [0.05, 0.1) is 16.9 Å². The Bertz CT molecular complexity index is 1270. The lowest BCUT2D eigenvalue weighted by Crippen LogP contribution is -2.49. The van der Waals surface area contributed by atoms with Crippen molar-refractivity contribution in [2.45, 2.75) is 50.2 Å². The van der Waals surface area contributed by atoms with Crippen LogP contribution < -0.4 is 11.1 Å². The molecular formula is C27H26ClN5O. The molecule has 2 fully saturated rings. The Kier molecular flexibility index (Phi) is 5.26. The number of amides is 1. The minimum Gasteiger partial charge on any atom is -0.399 e. The number of carbonyl (C=O) groups is 1. The number of hydrogen-bond donors (Lipinski definition) is 2. The molecule has 2 aliphatic heterocycles. The smallest absolute Gasteiger partial charge is 0.254 e. The summed E-state index contributed by atoms with van der Waals surface area (Å²) in [5.74, 6) is 0.690. The highest BCUT2D eigenvalue weighted by molar-refractivity contribution is 6.32. The van der Waals surface area contributed by atoms with E-state index in [1.165, 1.54) is 11.1 Å². The molecule has 172 valence electrons. The van der Waals surface area contributed by atoms with Crippen molar-refractivity contribution in [2.75, 3.05) is 11.1 Å². The van der Waals surface area contributed by atoms with Gasteiger partial charge in [-0.25, -0.2) is 9.97 Å². The van der Waals surface area contributed by atoms with Gasteiger partial charge < -0.3 is 16.0 Å². The standard InChI is InChI=1S/C27H26ClN5O/c28-24-15-30-27(32-25(24)23-12-7-16-3-1-2-4-22(16)23)31-19-13-20-10-11-21(14-19)33(20)26(34)17-5-8-18(29)9-6-17/h1-6,8-9,12,15,19-21H,7,10-11,13-14,29H2,(H,30,31,32)/t19?,20-,21+. The van der Waals surface area contributed by atoms with Crippen molar-refractivity contribution in [3.05, 3.63) is 88.2 Å². The van der Waals surface area contributed by atoms with Crippen LogP contribution in [0.25, 0.3) is 5.57 Å². The number of nitrogens with one attached hydrogen (secondary N) is 1. The lowest BCUT2D eigenvalue weighted by Gasteiger charge is -2.39. The van der Waals surface area contributed by atoms with E-state index in [-0.39, 0.29) is 24.0 Å². The summed E-state index contributed by atoms with van der Waals surface area (Å²) in [5, 5.41) is 4.09. The minimum absolute atomic E-state index is 0.0998. The molecule has 3 atom stereocenters. The fraction of sp³-hybridized carbons (Fsp3) is 0.296. The summed E-state index contributed by atoms with van der Waals surface area (Å²) in [5.41, 5.74) is 11.5. The summed E-state index contributed by atoms with van der Waals surface area (Å²) in [6, 6.07) is 16.2. The van der Waals surface area contributed by atoms with E-state index in [1.54, 1.807) is 18.3 Å². The van der Waals surface area contributed by atoms with E-state index in [4.69, 9.17) is 22.3 Å². The molecule has 6 rings (SSSR count). The average Bonchev–Trinajstić information content (AvgIpc) is 3.39. The highest BCUT2D eigenvalue weighted by Gasteiger charge is 2.43. The molecule has 0 spiro atoms. The van der Waals surface area contributed by atoms with Crippen LogP contribution in [0.4, 0.5) is 11.6 Å². The number of benzene rings is 2. The predicted molar refractivity (Wildman–Crippen MR) is 135 cm³/mol. The molecule has 1 unspecified atom stereocenters. The highest BCUT2D eigenvalue weighted by atomic mass is 35.5. The van der Waals surface area contributed by atoms with Crippen molar-refractivity contribution in [1.29, 1.82) is 0 Å². The quantitative estimate of drug-likeness (QED) is 0.526. The van der Waals surface area contributed by atoms with Gasteiger partial charge in [0.1, 0.15) is 0 Å². The number of carbonyl (C=O) groups excluding carboxylic acids is 1. The number of piperidine rings is 1. The fourth-order valence-electron chi connectivity index (χ4n) is 5.72. The fourth-order valence-corrected chi connectivity index (χ4v) is 5.91. The van der Waals surface area contributed by atoms with Crippen molar-refractivity contribution in [2.24, 2.45) is 0 Å². The van der Waals surface area contributed by atoms with E-state index in [1.807, 2.05) is 18.2 Å². The normalized spacial score (nSPS) is 22.9. The number of nitrogens with two attached hydrogens (primary N) is 1. The summed E-state index contributed by atoms with van der Waals surface area (Å²) in [4.78, 5) is 24.5. The first-order valence-corrected chi connectivity index (χ1v) is 12.2. The predicted octanol–water partition coefficient (Wildman–Crippen LogP) is 4.95. The van der Waals surface area contributed by atoms with Gasteiger partial charge in [-0.05, 0) is 67.5 Å². The molecule has 34 heavy (non-hydrogen) atoms. The summed E-state index contributed by atoms with van der Waals surface area (Å²) in [6.45, 7) is 0. The van der Waals surface area contributed by atoms with E-state index < -0.39 is 0 Å². The van der Waals surface area contributed by atoms with Crippen LogP contribution in [0.15, 0.2) is 60.8 Å².